The fraction of sp³-hybridized carbons (Fsp3) is 0.375. The Morgan fingerprint density at radius 1 is 1.32 bits per heavy atom. The molecule has 0 atom stereocenters. The van der Waals surface area contributed by atoms with E-state index in [1.807, 2.05) is 0 Å². The van der Waals surface area contributed by atoms with Crippen LogP contribution in [0.1, 0.15) is 37.7 Å². The Hall–Kier alpha value is -1.46. The van der Waals surface area contributed by atoms with Gasteiger partial charge in [0.25, 0.3) is 5.91 Å². The van der Waals surface area contributed by atoms with Crippen molar-refractivity contribution in [3.8, 4) is 5.75 Å². The summed E-state index contributed by atoms with van der Waals surface area (Å²) >= 11 is 7.25. The highest BCUT2D eigenvalue weighted by atomic mass is 35.5. The maximum absolute atomic E-state index is 12.0. The van der Waals surface area contributed by atoms with Gasteiger partial charge in [0, 0.05) is 0 Å². The zero-order chi connectivity index (χ0) is 15.5. The predicted octanol–water partition coefficient (Wildman–Crippen LogP) is 3.94. The Kier molecular flexibility index (Phi) is 4.74. The molecule has 6 heteroatoms. The van der Waals surface area contributed by atoms with Gasteiger partial charge >= 0.3 is 0 Å². The van der Waals surface area contributed by atoms with E-state index < -0.39 is 0 Å². The van der Waals surface area contributed by atoms with Crippen molar-refractivity contribution in [3.63, 3.8) is 0 Å². The molecule has 2 aliphatic rings. The van der Waals surface area contributed by atoms with Gasteiger partial charge in [-0.05, 0) is 48.4 Å². The Labute approximate surface area is 138 Å². The summed E-state index contributed by atoms with van der Waals surface area (Å²) in [6.45, 7) is 0. The molecule has 1 aliphatic heterocycles. The van der Waals surface area contributed by atoms with Crippen molar-refractivity contribution in [2.45, 2.75) is 38.1 Å². The van der Waals surface area contributed by atoms with Gasteiger partial charge < -0.3 is 10.4 Å². The van der Waals surface area contributed by atoms with Crippen molar-refractivity contribution in [2.75, 3.05) is 0 Å². The minimum absolute atomic E-state index is 0.0342. The summed E-state index contributed by atoms with van der Waals surface area (Å²) in [4.78, 5) is 17.3. The van der Waals surface area contributed by atoms with Crippen molar-refractivity contribution in [1.82, 2.24) is 5.32 Å². The quantitative estimate of drug-likeness (QED) is 0.804. The molecule has 4 nitrogen and oxygen atoms in total. The number of phenolic OH excluding ortho intramolecular Hbond substituents is 1. The van der Waals surface area contributed by atoms with Gasteiger partial charge in [0.1, 0.15) is 5.75 Å². The van der Waals surface area contributed by atoms with Crippen LogP contribution in [0.15, 0.2) is 28.1 Å². The van der Waals surface area contributed by atoms with Gasteiger partial charge in [-0.25, -0.2) is 0 Å². The van der Waals surface area contributed by atoms with Crippen LogP contribution >= 0.6 is 23.4 Å². The zero-order valence-corrected chi connectivity index (χ0v) is 13.6. The average molecular weight is 337 g/mol. The van der Waals surface area contributed by atoms with Crippen LogP contribution in [0, 0.1) is 0 Å². The Morgan fingerprint density at radius 2 is 2.09 bits per heavy atom. The molecule has 1 aliphatic carbocycles. The summed E-state index contributed by atoms with van der Waals surface area (Å²) in [6.07, 6.45) is 7.69. The van der Waals surface area contributed by atoms with Crippen LogP contribution in [-0.4, -0.2) is 22.2 Å². The highest BCUT2D eigenvalue weighted by Crippen LogP contribution is 2.30. The maximum Gasteiger partial charge on any atom is 0.264 e. The molecular weight excluding hydrogens is 320 g/mol. The molecule has 1 heterocycles. The highest BCUT2D eigenvalue weighted by molar-refractivity contribution is 8.18. The van der Waals surface area contributed by atoms with Crippen LogP contribution in [0.5, 0.6) is 5.75 Å². The van der Waals surface area contributed by atoms with E-state index in [0.29, 0.717) is 16.1 Å². The lowest BCUT2D eigenvalue weighted by molar-refractivity contribution is -0.115. The second-order valence-corrected chi connectivity index (χ2v) is 6.94. The molecule has 1 aromatic rings. The van der Waals surface area contributed by atoms with Crippen molar-refractivity contribution in [2.24, 2.45) is 4.99 Å². The second-order valence-electron chi connectivity index (χ2n) is 5.50. The van der Waals surface area contributed by atoms with E-state index in [1.54, 1.807) is 18.2 Å². The van der Waals surface area contributed by atoms with Gasteiger partial charge in [0.05, 0.1) is 16.0 Å². The van der Waals surface area contributed by atoms with Crippen LogP contribution in [0.2, 0.25) is 5.02 Å². The van der Waals surface area contributed by atoms with E-state index in [4.69, 9.17) is 11.6 Å². The number of phenols is 1. The van der Waals surface area contributed by atoms with Gasteiger partial charge in [0.15, 0.2) is 5.17 Å². The van der Waals surface area contributed by atoms with E-state index in [9.17, 15) is 9.90 Å². The number of nitrogens with zero attached hydrogens (tertiary/aromatic N) is 1. The lowest BCUT2D eigenvalue weighted by Crippen LogP contribution is -2.22. The number of benzene rings is 1. The van der Waals surface area contributed by atoms with Gasteiger partial charge in [-0.1, -0.05) is 36.9 Å². The van der Waals surface area contributed by atoms with E-state index in [2.05, 4.69) is 10.3 Å². The third kappa shape index (κ3) is 3.65. The minimum atomic E-state index is -0.135. The molecule has 1 saturated carbocycles. The first-order valence-corrected chi connectivity index (χ1v) is 8.58. The van der Waals surface area contributed by atoms with E-state index in [0.717, 1.165) is 18.4 Å². The number of hydrogen-bond acceptors (Lipinski definition) is 4. The Morgan fingerprint density at radius 3 is 2.82 bits per heavy atom. The van der Waals surface area contributed by atoms with Gasteiger partial charge in [-0.15, -0.1) is 0 Å². The molecule has 0 spiro atoms. The van der Waals surface area contributed by atoms with Crippen molar-refractivity contribution in [3.05, 3.63) is 33.7 Å². The first-order valence-electron chi connectivity index (χ1n) is 7.39. The van der Waals surface area contributed by atoms with Crippen LogP contribution < -0.4 is 5.32 Å². The number of aliphatic imine (C=N–C) groups is 1. The second kappa shape index (κ2) is 6.75. The third-order valence-electron chi connectivity index (χ3n) is 3.79. The first kappa shape index (κ1) is 15.4. The average Bonchev–Trinajstić information content (AvgIpc) is 2.84. The number of thioether (sulfide) groups is 1. The summed E-state index contributed by atoms with van der Waals surface area (Å²) < 4.78 is 0. The molecule has 116 valence electrons. The zero-order valence-electron chi connectivity index (χ0n) is 12.0. The Bertz CT molecular complexity index is 652. The summed E-state index contributed by atoms with van der Waals surface area (Å²) in [7, 11) is 0. The van der Waals surface area contributed by atoms with Crippen LogP contribution in [-0.2, 0) is 4.79 Å². The van der Waals surface area contributed by atoms with E-state index >= 15 is 0 Å². The molecule has 0 bridgehead atoms. The molecular formula is C16H17ClN2O2S. The Balaban J connectivity index is 1.74. The topological polar surface area (TPSA) is 61.7 Å². The van der Waals surface area contributed by atoms with Crippen molar-refractivity contribution >= 4 is 40.5 Å². The minimum Gasteiger partial charge on any atom is -0.506 e. The number of carbonyl (C=O) groups is 1. The summed E-state index contributed by atoms with van der Waals surface area (Å²) in [5.74, 6) is -0.101. The molecule has 0 unspecified atom stereocenters. The number of aromatic hydroxyl groups is 1. The van der Waals surface area contributed by atoms with E-state index in [1.165, 1.54) is 37.1 Å². The predicted molar refractivity (Wildman–Crippen MR) is 91.1 cm³/mol. The fourth-order valence-corrected chi connectivity index (χ4v) is 3.71. The lowest BCUT2D eigenvalue weighted by Gasteiger charge is -2.17. The van der Waals surface area contributed by atoms with Crippen LogP contribution in [0.25, 0.3) is 6.08 Å². The third-order valence-corrected chi connectivity index (χ3v) is 5.02. The molecule has 22 heavy (non-hydrogen) atoms. The number of carbonyl (C=O) groups excluding carboxylic acids is 1. The monoisotopic (exact) mass is 336 g/mol. The standard InChI is InChI=1S/C16H17ClN2O2S/c17-12-8-10(6-7-13(12)20)9-14-15(21)19-16(22-14)18-11-4-2-1-3-5-11/h6-9,11,20H,1-5H2,(H,18,19,21)/b14-9-. The fourth-order valence-electron chi connectivity index (χ4n) is 2.63. The summed E-state index contributed by atoms with van der Waals surface area (Å²) in [5, 5.41) is 13.2. The number of rotatable bonds is 2. The molecule has 1 amide bonds. The van der Waals surface area contributed by atoms with Gasteiger partial charge in [-0.3, -0.25) is 9.79 Å². The van der Waals surface area contributed by atoms with Crippen molar-refractivity contribution in [1.29, 1.82) is 0 Å². The number of amidine groups is 1. The number of amides is 1. The van der Waals surface area contributed by atoms with Crippen LogP contribution in [0.3, 0.4) is 0 Å². The molecule has 3 rings (SSSR count). The van der Waals surface area contributed by atoms with Crippen molar-refractivity contribution < 1.29 is 9.90 Å². The number of halogens is 1. The highest BCUT2D eigenvalue weighted by Gasteiger charge is 2.25. The molecule has 1 saturated heterocycles. The first-order chi connectivity index (χ1) is 10.6. The number of hydrogen-bond donors (Lipinski definition) is 2. The maximum atomic E-state index is 12.0. The molecule has 2 fully saturated rings. The van der Waals surface area contributed by atoms with Crippen LogP contribution in [0.4, 0.5) is 0 Å². The normalized spacial score (nSPS) is 23.2. The largest absolute Gasteiger partial charge is 0.506 e. The molecule has 2 N–H and O–H groups in total. The summed E-state index contributed by atoms with van der Waals surface area (Å²) in [5.41, 5.74) is 0.777. The SMILES string of the molecule is O=C1NC(=NC2CCCCC2)S/C1=C\c1ccc(O)c(Cl)c1. The number of nitrogens with one attached hydrogen (secondary N) is 1. The van der Waals surface area contributed by atoms with Gasteiger partial charge in [-0.2, -0.15) is 0 Å². The smallest absolute Gasteiger partial charge is 0.264 e. The molecule has 1 aromatic carbocycles. The molecule has 0 radical (unpaired) electrons. The summed E-state index contributed by atoms with van der Waals surface area (Å²) in [6, 6.07) is 5.20. The van der Waals surface area contributed by atoms with Gasteiger partial charge in [0.2, 0.25) is 0 Å². The van der Waals surface area contributed by atoms with E-state index in [-0.39, 0.29) is 16.7 Å². The lowest BCUT2D eigenvalue weighted by atomic mass is 9.96. The molecule has 0 aromatic heterocycles.